The van der Waals surface area contributed by atoms with Crippen molar-refractivity contribution in [3.05, 3.63) is 0 Å². The largest absolute Gasteiger partial charge is 0.481 e. The molecule has 2 saturated carbocycles. The first-order valence-corrected chi connectivity index (χ1v) is 7.68. The number of aliphatic hydroxyl groups excluding tert-OH is 1. The Labute approximate surface area is 120 Å². The molecule has 0 aromatic rings. The minimum Gasteiger partial charge on any atom is -0.481 e. The lowest BCUT2D eigenvalue weighted by atomic mass is 9.81. The van der Waals surface area contributed by atoms with Crippen molar-refractivity contribution in [3.63, 3.8) is 0 Å². The topological polar surface area (TPSA) is 77.8 Å². The summed E-state index contributed by atoms with van der Waals surface area (Å²) in [5, 5.41) is 19.0. The van der Waals surface area contributed by atoms with Gasteiger partial charge in [-0.25, -0.2) is 0 Å². The predicted octanol–water partition coefficient (Wildman–Crippen LogP) is 1.64. The van der Waals surface area contributed by atoms with Gasteiger partial charge in [0.05, 0.1) is 18.1 Å². The van der Waals surface area contributed by atoms with Gasteiger partial charge in [0, 0.05) is 13.0 Å². The zero-order valence-corrected chi connectivity index (χ0v) is 12.1. The van der Waals surface area contributed by atoms with Gasteiger partial charge in [-0.05, 0) is 38.5 Å². The van der Waals surface area contributed by atoms with Crippen LogP contribution < -0.4 is 0 Å². The van der Waals surface area contributed by atoms with E-state index in [0.717, 1.165) is 25.7 Å². The molecule has 2 N–H and O–H groups in total. The summed E-state index contributed by atoms with van der Waals surface area (Å²) < 4.78 is 0. The van der Waals surface area contributed by atoms with E-state index in [2.05, 4.69) is 0 Å². The molecule has 1 amide bonds. The molecule has 5 nitrogen and oxygen atoms in total. The van der Waals surface area contributed by atoms with Gasteiger partial charge in [0.25, 0.3) is 0 Å². The van der Waals surface area contributed by atoms with E-state index in [1.54, 1.807) is 11.9 Å². The Morgan fingerprint density at radius 1 is 0.950 bits per heavy atom. The van der Waals surface area contributed by atoms with Gasteiger partial charge >= 0.3 is 5.97 Å². The van der Waals surface area contributed by atoms with E-state index in [4.69, 9.17) is 5.11 Å². The quantitative estimate of drug-likeness (QED) is 0.825. The summed E-state index contributed by atoms with van der Waals surface area (Å²) in [6, 6.07) is -0.0616. The van der Waals surface area contributed by atoms with E-state index in [9.17, 15) is 14.7 Å². The van der Waals surface area contributed by atoms with E-state index in [1.165, 1.54) is 0 Å². The Bertz CT molecular complexity index is 363. The first kappa shape index (κ1) is 15.3. The number of likely N-dealkylation sites (N-methyl/N-ethyl adjacent to an activating group) is 1. The van der Waals surface area contributed by atoms with Gasteiger partial charge < -0.3 is 15.1 Å². The lowest BCUT2D eigenvalue weighted by Gasteiger charge is -2.38. The number of amides is 1. The molecule has 114 valence electrons. The van der Waals surface area contributed by atoms with Crippen molar-refractivity contribution in [2.24, 2.45) is 11.8 Å². The van der Waals surface area contributed by atoms with E-state index in [1.807, 2.05) is 0 Å². The van der Waals surface area contributed by atoms with Gasteiger partial charge in [0.1, 0.15) is 0 Å². The van der Waals surface area contributed by atoms with E-state index < -0.39 is 12.1 Å². The number of rotatable bonds is 3. The molecule has 2 fully saturated rings. The number of aliphatic hydroxyl groups is 1. The highest BCUT2D eigenvalue weighted by atomic mass is 16.4. The Morgan fingerprint density at radius 2 is 1.50 bits per heavy atom. The molecule has 0 aromatic carbocycles. The molecule has 0 aromatic heterocycles. The van der Waals surface area contributed by atoms with Crippen LogP contribution in [0.2, 0.25) is 0 Å². The van der Waals surface area contributed by atoms with Crippen LogP contribution in [0.4, 0.5) is 0 Å². The SMILES string of the molecule is CN(C(=O)C1CCC(C(=O)O)CC1)C1CCCCC1O. The zero-order valence-electron chi connectivity index (χ0n) is 12.1. The van der Waals surface area contributed by atoms with Crippen LogP contribution in [0.3, 0.4) is 0 Å². The van der Waals surface area contributed by atoms with E-state index in [-0.39, 0.29) is 23.8 Å². The van der Waals surface area contributed by atoms with E-state index in [0.29, 0.717) is 25.7 Å². The van der Waals surface area contributed by atoms with Crippen LogP contribution in [0.25, 0.3) is 0 Å². The molecule has 0 spiro atoms. The second kappa shape index (κ2) is 6.57. The van der Waals surface area contributed by atoms with Gasteiger partial charge in [0.15, 0.2) is 0 Å². The second-order valence-corrected chi connectivity index (χ2v) is 6.26. The lowest BCUT2D eigenvalue weighted by Crippen LogP contribution is -2.48. The highest BCUT2D eigenvalue weighted by Crippen LogP contribution is 2.31. The van der Waals surface area contributed by atoms with Crippen LogP contribution >= 0.6 is 0 Å². The monoisotopic (exact) mass is 283 g/mol. The number of nitrogens with zero attached hydrogens (tertiary/aromatic N) is 1. The summed E-state index contributed by atoms with van der Waals surface area (Å²) in [7, 11) is 1.78. The molecule has 2 unspecified atom stereocenters. The molecule has 2 rings (SSSR count). The molecular weight excluding hydrogens is 258 g/mol. The molecule has 5 heteroatoms. The van der Waals surface area contributed by atoms with Crippen LogP contribution in [0.15, 0.2) is 0 Å². The summed E-state index contributed by atoms with van der Waals surface area (Å²) in [4.78, 5) is 25.1. The highest BCUT2D eigenvalue weighted by molar-refractivity contribution is 5.79. The molecule has 2 aliphatic carbocycles. The molecular formula is C15H25NO4. The summed E-state index contributed by atoms with van der Waals surface area (Å²) >= 11 is 0. The Morgan fingerprint density at radius 3 is 2.05 bits per heavy atom. The van der Waals surface area contributed by atoms with Gasteiger partial charge in [-0.15, -0.1) is 0 Å². The average molecular weight is 283 g/mol. The summed E-state index contributed by atoms with van der Waals surface area (Å²) in [6.07, 6.45) is 5.81. The van der Waals surface area contributed by atoms with Crippen molar-refractivity contribution in [2.45, 2.75) is 63.5 Å². The maximum atomic E-state index is 12.5. The fraction of sp³-hybridized carbons (Fsp3) is 0.867. The maximum absolute atomic E-state index is 12.5. The summed E-state index contributed by atoms with van der Waals surface area (Å²) in [5.74, 6) is -1.01. The molecule has 0 aliphatic heterocycles. The van der Waals surface area contributed by atoms with Crippen molar-refractivity contribution < 1.29 is 19.8 Å². The standard InChI is InChI=1S/C15H25NO4/c1-16(12-4-2-3-5-13(12)17)14(18)10-6-8-11(9-7-10)15(19)20/h10-13,17H,2-9H2,1H3,(H,19,20). The van der Waals surface area contributed by atoms with Crippen LogP contribution in [-0.2, 0) is 9.59 Å². The Balaban J connectivity index is 1.89. The van der Waals surface area contributed by atoms with Gasteiger partial charge in [-0.3, -0.25) is 9.59 Å². The third kappa shape index (κ3) is 3.32. The van der Waals surface area contributed by atoms with Crippen molar-refractivity contribution in [2.75, 3.05) is 7.05 Å². The smallest absolute Gasteiger partial charge is 0.306 e. The summed E-state index contributed by atoms with van der Waals surface area (Å²) in [5.41, 5.74) is 0. The fourth-order valence-electron chi connectivity index (χ4n) is 3.58. The van der Waals surface area contributed by atoms with Crippen molar-refractivity contribution in [1.29, 1.82) is 0 Å². The van der Waals surface area contributed by atoms with Crippen molar-refractivity contribution in [3.8, 4) is 0 Å². The number of hydrogen-bond acceptors (Lipinski definition) is 3. The predicted molar refractivity (Wildman–Crippen MR) is 74.1 cm³/mol. The van der Waals surface area contributed by atoms with E-state index >= 15 is 0 Å². The van der Waals surface area contributed by atoms with Crippen molar-refractivity contribution in [1.82, 2.24) is 4.90 Å². The maximum Gasteiger partial charge on any atom is 0.306 e. The first-order chi connectivity index (χ1) is 9.50. The number of carboxylic acid groups (broad SMARTS) is 1. The van der Waals surface area contributed by atoms with Gasteiger partial charge in [-0.2, -0.15) is 0 Å². The Hall–Kier alpha value is -1.10. The second-order valence-electron chi connectivity index (χ2n) is 6.26. The molecule has 2 aliphatic rings. The molecule has 0 bridgehead atoms. The van der Waals surface area contributed by atoms with Gasteiger partial charge in [-0.1, -0.05) is 12.8 Å². The molecule has 20 heavy (non-hydrogen) atoms. The minimum atomic E-state index is -0.744. The normalized spacial score (nSPS) is 34.5. The number of carbonyl (C=O) groups is 2. The number of aliphatic carboxylic acids is 1. The fourth-order valence-corrected chi connectivity index (χ4v) is 3.58. The first-order valence-electron chi connectivity index (χ1n) is 7.68. The van der Waals surface area contributed by atoms with Crippen LogP contribution in [0.5, 0.6) is 0 Å². The average Bonchev–Trinajstić information content (AvgIpc) is 2.46. The summed E-state index contributed by atoms with van der Waals surface area (Å²) in [6.45, 7) is 0. The van der Waals surface area contributed by atoms with Gasteiger partial charge in [0.2, 0.25) is 5.91 Å². The van der Waals surface area contributed by atoms with Crippen molar-refractivity contribution >= 4 is 11.9 Å². The zero-order chi connectivity index (χ0) is 14.7. The minimum absolute atomic E-state index is 0.0616. The molecule has 2 atom stereocenters. The molecule has 0 saturated heterocycles. The van der Waals surface area contributed by atoms with Crippen LogP contribution in [0.1, 0.15) is 51.4 Å². The third-order valence-corrected chi connectivity index (χ3v) is 4.96. The van der Waals surface area contributed by atoms with Crippen LogP contribution in [-0.4, -0.2) is 46.2 Å². The molecule has 0 radical (unpaired) electrons. The number of carbonyl (C=O) groups excluding carboxylic acids is 1. The Kier molecular flexibility index (Phi) is 5.02. The number of hydrogen-bond donors (Lipinski definition) is 2. The lowest BCUT2D eigenvalue weighted by molar-refractivity contribution is -0.147. The third-order valence-electron chi connectivity index (χ3n) is 4.96. The van der Waals surface area contributed by atoms with Crippen LogP contribution in [0, 0.1) is 11.8 Å². The number of carboxylic acids is 1. The highest BCUT2D eigenvalue weighted by Gasteiger charge is 2.35. The molecule has 0 heterocycles.